The summed E-state index contributed by atoms with van der Waals surface area (Å²) in [5.74, 6) is 2.02. The van der Waals surface area contributed by atoms with Gasteiger partial charge in [0.2, 0.25) is 0 Å². The van der Waals surface area contributed by atoms with Crippen LogP contribution in [-0.2, 0) is 0 Å². The third-order valence-electron chi connectivity index (χ3n) is 2.97. The average molecular weight is 338 g/mol. The van der Waals surface area contributed by atoms with Crippen molar-refractivity contribution in [3.8, 4) is 11.5 Å². The van der Waals surface area contributed by atoms with Crippen LogP contribution in [0.15, 0.2) is 28.9 Å². The van der Waals surface area contributed by atoms with Gasteiger partial charge in [-0.15, -0.1) is 0 Å². The monoisotopic (exact) mass is 337 g/mol. The van der Waals surface area contributed by atoms with Gasteiger partial charge in [0.05, 0.1) is 26.0 Å². The van der Waals surface area contributed by atoms with Crippen molar-refractivity contribution in [1.29, 1.82) is 0 Å². The smallest absolute Gasteiger partial charge is 0.141 e. The number of benzene rings is 1. The van der Waals surface area contributed by atoms with E-state index in [4.69, 9.17) is 15.2 Å². The van der Waals surface area contributed by atoms with Crippen LogP contribution in [0.5, 0.6) is 11.5 Å². The van der Waals surface area contributed by atoms with E-state index in [2.05, 4.69) is 25.9 Å². The zero-order valence-corrected chi connectivity index (χ0v) is 13.1. The molecule has 1 heterocycles. The lowest BCUT2D eigenvalue weighted by atomic mass is 10.0. The van der Waals surface area contributed by atoms with Gasteiger partial charge < -0.3 is 15.2 Å². The molecule has 0 spiro atoms. The molecule has 5 nitrogen and oxygen atoms in total. The van der Waals surface area contributed by atoms with Crippen LogP contribution in [0.3, 0.4) is 0 Å². The minimum absolute atomic E-state index is 0.395. The highest BCUT2D eigenvalue weighted by molar-refractivity contribution is 9.10. The van der Waals surface area contributed by atoms with E-state index in [1.54, 1.807) is 26.5 Å². The van der Waals surface area contributed by atoms with Gasteiger partial charge in [-0.3, -0.25) is 0 Å². The minimum atomic E-state index is -0.395. The number of nitrogens with two attached hydrogens (primary N) is 1. The molecule has 1 aromatic heterocycles. The molecule has 0 amide bonds. The Morgan fingerprint density at radius 1 is 1.20 bits per heavy atom. The molecule has 106 valence electrons. The molecule has 0 aliphatic rings. The van der Waals surface area contributed by atoms with Crippen LogP contribution < -0.4 is 15.2 Å². The highest BCUT2D eigenvalue weighted by Crippen LogP contribution is 2.40. The highest BCUT2D eigenvalue weighted by Gasteiger charge is 2.20. The van der Waals surface area contributed by atoms with Crippen LogP contribution >= 0.6 is 15.9 Å². The van der Waals surface area contributed by atoms with Crippen molar-refractivity contribution < 1.29 is 9.47 Å². The first-order chi connectivity index (χ1) is 9.58. The first-order valence-corrected chi connectivity index (χ1v) is 6.83. The quantitative estimate of drug-likeness (QED) is 0.928. The van der Waals surface area contributed by atoms with Crippen molar-refractivity contribution >= 4 is 15.9 Å². The molecule has 2 rings (SSSR count). The third kappa shape index (κ3) is 2.76. The zero-order valence-electron chi connectivity index (χ0n) is 11.6. The van der Waals surface area contributed by atoms with Gasteiger partial charge in [-0.05, 0) is 41.1 Å². The Kier molecular flexibility index (Phi) is 4.57. The van der Waals surface area contributed by atoms with Crippen LogP contribution in [0.25, 0.3) is 0 Å². The van der Waals surface area contributed by atoms with Gasteiger partial charge in [-0.25, -0.2) is 9.97 Å². The first-order valence-electron chi connectivity index (χ1n) is 6.04. The van der Waals surface area contributed by atoms with Gasteiger partial charge in [0.25, 0.3) is 0 Å². The van der Waals surface area contributed by atoms with Gasteiger partial charge in [0, 0.05) is 11.8 Å². The maximum absolute atomic E-state index is 6.29. The fraction of sp³-hybridized carbons (Fsp3) is 0.286. The van der Waals surface area contributed by atoms with Crippen molar-refractivity contribution in [3.63, 3.8) is 0 Å². The Morgan fingerprint density at radius 2 is 1.95 bits per heavy atom. The number of aromatic nitrogens is 2. The molecule has 1 aromatic carbocycles. The van der Waals surface area contributed by atoms with E-state index in [0.29, 0.717) is 17.3 Å². The number of ether oxygens (including phenoxy) is 2. The number of hydrogen-bond donors (Lipinski definition) is 1. The molecule has 0 fully saturated rings. The van der Waals surface area contributed by atoms with Gasteiger partial charge in [-0.1, -0.05) is 0 Å². The Balaban J connectivity index is 2.49. The van der Waals surface area contributed by atoms with E-state index in [-0.39, 0.29) is 0 Å². The van der Waals surface area contributed by atoms with Crippen LogP contribution in [0, 0.1) is 6.92 Å². The maximum Gasteiger partial charge on any atom is 0.141 e. The van der Waals surface area contributed by atoms with Crippen molar-refractivity contribution in [3.05, 3.63) is 46.0 Å². The number of methoxy groups -OCH3 is 2. The Hall–Kier alpha value is -1.66. The van der Waals surface area contributed by atoms with Gasteiger partial charge in [0.1, 0.15) is 21.8 Å². The average Bonchev–Trinajstić information content (AvgIpc) is 2.46. The largest absolute Gasteiger partial charge is 0.495 e. The van der Waals surface area contributed by atoms with E-state index in [9.17, 15) is 0 Å². The van der Waals surface area contributed by atoms with Gasteiger partial charge in [0.15, 0.2) is 0 Å². The van der Waals surface area contributed by atoms with E-state index in [1.165, 1.54) is 0 Å². The van der Waals surface area contributed by atoms with E-state index < -0.39 is 6.04 Å². The number of hydrogen-bond acceptors (Lipinski definition) is 5. The molecule has 0 bridgehead atoms. The maximum atomic E-state index is 6.29. The second kappa shape index (κ2) is 6.19. The lowest BCUT2D eigenvalue weighted by molar-refractivity contribution is 0.385. The van der Waals surface area contributed by atoms with Crippen molar-refractivity contribution in [2.75, 3.05) is 14.2 Å². The zero-order chi connectivity index (χ0) is 14.7. The predicted octanol–water partition coefficient (Wildman–Crippen LogP) is 2.61. The molecule has 2 N–H and O–H groups in total. The Labute approximate surface area is 126 Å². The van der Waals surface area contributed by atoms with E-state index in [0.717, 1.165) is 15.7 Å². The molecule has 0 saturated carbocycles. The molecule has 6 heteroatoms. The van der Waals surface area contributed by atoms with Crippen LogP contribution in [0.4, 0.5) is 0 Å². The molecular weight excluding hydrogens is 322 g/mol. The lowest BCUT2D eigenvalue weighted by Crippen LogP contribution is -2.15. The van der Waals surface area contributed by atoms with Gasteiger partial charge in [-0.2, -0.15) is 0 Å². The van der Waals surface area contributed by atoms with Crippen molar-refractivity contribution in [2.24, 2.45) is 5.73 Å². The topological polar surface area (TPSA) is 70.3 Å². The summed E-state index contributed by atoms with van der Waals surface area (Å²) in [6.07, 6.45) is 1.70. The predicted molar refractivity (Wildman–Crippen MR) is 80.0 cm³/mol. The van der Waals surface area contributed by atoms with Gasteiger partial charge >= 0.3 is 0 Å². The molecule has 1 atom stereocenters. The summed E-state index contributed by atoms with van der Waals surface area (Å²) in [7, 11) is 3.20. The lowest BCUT2D eigenvalue weighted by Gasteiger charge is -2.18. The first kappa shape index (κ1) is 14.7. The summed E-state index contributed by atoms with van der Waals surface area (Å²) in [4.78, 5) is 8.44. The summed E-state index contributed by atoms with van der Waals surface area (Å²) >= 11 is 3.47. The molecular formula is C14H16BrN3O2. The second-order valence-corrected chi connectivity index (χ2v) is 5.00. The SMILES string of the molecule is COc1ccc(C(N)c2ccnc(C)n2)c(OC)c1Br. The summed E-state index contributed by atoms with van der Waals surface area (Å²) < 4.78 is 11.4. The van der Waals surface area contributed by atoms with E-state index in [1.807, 2.05) is 19.1 Å². The summed E-state index contributed by atoms with van der Waals surface area (Å²) in [5.41, 5.74) is 7.87. The summed E-state index contributed by atoms with van der Waals surface area (Å²) in [5, 5.41) is 0. The second-order valence-electron chi connectivity index (χ2n) is 4.21. The molecule has 0 aliphatic heterocycles. The number of aryl methyl sites for hydroxylation is 1. The fourth-order valence-electron chi connectivity index (χ4n) is 1.97. The number of rotatable bonds is 4. The van der Waals surface area contributed by atoms with Crippen molar-refractivity contribution in [2.45, 2.75) is 13.0 Å². The van der Waals surface area contributed by atoms with Crippen LogP contribution in [0.2, 0.25) is 0 Å². The molecule has 0 aliphatic carbocycles. The number of halogens is 1. The Morgan fingerprint density at radius 3 is 2.55 bits per heavy atom. The van der Waals surface area contributed by atoms with Crippen LogP contribution in [-0.4, -0.2) is 24.2 Å². The fourth-order valence-corrected chi connectivity index (χ4v) is 2.65. The molecule has 1 unspecified atom stereocenters. The van der Waals surface area contributed by atoms with Crippen LogP contribution in [0.1, 0.15) is 23.1 Å². The standard InChI is InChI=1S/C14H16BrN3O2/c1-8-17-7-6-10(18-8)13(16)9-4-5-11(19-2)12(15)14(9)20-3/h4-7,13H,16H2,1-3H3. The normalized spacial score (nSPS) is 12.1. The molecule has 0 saturated heterocycles. The Bertz CT molecular complexity index is 619. The summed E-state index contributed by atoms with van der Waals surface area (Å²) in [6, 6.07) is 5.13. The number of nitrogens with zero attached hydrogens (tertiary/aromatic N) is 2. The molecule has 2 aromatic rings. The van der Waals surface area contributed by atoms with Crippen molar-refractivity contribution in [1.82, 2.24) is 9.97 Å². The highest BCUT2D eigenvalue weighted by atomic mass is 79.9. The van der Waals surface area contributed by atoms with E-state index >= 15 is 0 Å². The molecule has 20 heavy (non-hydrogen) atoms. The summed E-state index contributed by atoms with van der Waals surface area (Å²) in [6.45, 7) is 1.83. The molecule has 0 radical (unpaired) electrons. The minimum Gasteiger partial charge on any atom is -0.495 e. The third-order valence-corrected chi connectivity index (χ3v) is 3.72.